The second-order valence-electron chi connectivity index (χ2n) is 5.37. The van der Waals surface area contributed by atoms with Gasteiger partial charge in [-0.15, -0.1) is 16.4 Å². The molecule has 2 aromatic heterocycles. The number of benzene rings is 1. The summed E-state index contributed by atoms with van der Waals surface area (Å²) in [6.07, 6.45) is 0. The van der Waals surface area contributed by atoms with Gasteiger partial charge in [0.05, 0.1) is 10.7 Å². The van der Waals surface area contributed by atoms with Gasteiger partial charge in [0.2, 0.25) is 0 Å². The predicted octanol–water partition coefficient (Wildman–Crippen LogP) is 2.80. The molecule has 0 saturated carbocycles. The van der Waals surface area contributed by atoms with E-state index in [2.05, 4.69) is 39.7 Å². The van der Waals surface area contributed by atoms with E-state index in [4.69, 9.17) is 0 Å². The Bertz CT molecular complexity index is 838. The molecule has 3 aromatic rings. The van der Waals surface area contributed by atoms with E-state index in [1.54, 1.807) is 10.1 Å². The van der Waals surface area contributed by atoms with Gasteiger partial charge in [-0.2, -0.15) is 4.68 Å². The zero-order valence-corrected chi connectivity index (χ0v) is 13.8. The highest BCUT2D eigenvalue weighted by Crippen LogP contribution is 2.20. The van der Waals surface area contributed by atoms with Crippen LogP contribution in [0.15, 0.2) is 29.6 Å². The molecule has 0 aliphatic heterocycles. The molecular formula is C15H16N6OS. The molecule has 0 aliphatic rings. The number of hydrogen-bond acceptors (Lipinski definition) is 6. The molecule has 7 nitrogen and oxygen atoms in total. The third kappa shape index (κ3) is 3.26. The first-order valence-corrected chi connectivity index (χ1v) is 8.05. The molecular weight excluding hydrogens is 312 g/mol. The molecule has 3 rings (SSSR count). The van der Waals surface area contributed by atoms with Gasteiger partial charge in [0.15, 0.2) is 5.82 Å². The molecule has 23 heavy (non-hydrogen) atoms. The van der Waals surface area contributed by atoms with Crippen LogP contribution < -0.4 is 5.32 Å². The summed E-state index contributed by atoms with van der Waals surface area (Å²) in [4.78, 5) is 16.7. The molecule has 118 valence electrons. The maximum absolute atomic E-state index is 12.3. The summed E-state index contributed by atoms with van der Waals surface area (Å²) < 4.78 is 1.61. The number of tetrazole rings is 1. The number of aromatic nitrogens is 5. The molecule has 1 aromatic carbocycles. The number of hydrogen-bond donors (Lipinski definition) is 1. The number of rotatable bonds is 4. The monoisotopic (exact) mass is 328 g/mol. The molecule has 0 aliphatic carbocycles. The van der Waals surface area contributed by atoms with Gasteiger partial charge >= 0.3 is 0 Å². The fourth-order valence-corrected chi connectivity index (χ4v) is 2.85. The number of nitrogens with zero attached hydrogens (tertiary/aromatic N) is 5. The van der Waals surface area contributed by atoms with Crippen LogP contribution in [0.4, 0.5) is 5.69 Å². The number of aryl methyl sites for hydroxylation is 1. The van der Waals surface area contributed by atoms with Crippen LogP contribution in [0, 0.1) is 6.92 Å². The van der Waals surface area contributed by atoms with Crippen LogP contribution in [0.3, 0.4) is 0 Å². The van der Waals surface area contributed by atoms with E-state index in [1.165, 1.54) is 11.3 Å². The van der Waals surface area contributed by atoms with E-state index in [0.29, 0.717) is 23.1 Å². The minimum absolute atomic E-state index is 0.223. The van der Waals surface area contributed by atoms with E-state index < -0.39 is 0 Å². The van der Waals surface area contributed by atoms with Crippen LogP contribution in [0.2, 0.25) is 0 Å². The zero-order chi connectivity index (χ0) is 16.4. The van der Waals surface area contributed by atoms with E-state index in [1.807, 2.05) is 31.2 Å². The first-order chi connectivity index (χ1) is 11.0. The summed E-state index contributed by atoms with van der Waals surface area (Å²) in [6.45, 7) is 5.92. The molecule has 0 bridgehead atoms. The average Bonchev–Trinajstić information content (AvgIpc) is 3.16. The highest BCUT2D eigenvalue weighted by atomic mass is 32.1. The van der Waals surface area contributed by atoms with Gasteiger partial charge in [0, 0.05) is 17.0 Å². The normalized spacial score (nSPS) is 11.0. The minimum atomic E-state index is -0.223. The van der Waals surface area contributed by atoms with E-state index in [-0.39, 0.29) is 5.91 Å². The van der Waals surface area contributed by atoms with E-state index in [0.717, 1.165) is 10.7 Å². The minimum Gasteiger partial charge on any atom is -0.321 e. The molecule has 0 radical (unpaired) electrons. The summed E-state index contributed by atoms with van der Waals surface area (Å²) in [5.74, 6) is 0.765. The Hall–Kier alpha value is -2.61. The van der Waals surface area contributed by atoms with Crippen LogP contribution in [-0.4, -0.2) is 31.1 Å². The van der Waals surface area contributed by atoms with Crippen molar-refractivity contribution in [3.63, 3.8) is 0 Å². The summed E-state index contributed by atoms with van der Waals surface area (Å²) >= 11 is 1.50. The van der Waals surface area contributed by atoms with Gasteiger partial charge in [0.25, 0.3) is 5.91 Å². The molecule has 0 atom stereocenters. The largest absolute Gasteiger partial charge is 0.321 e. The van der Waals surface area contributed by atoms with Crippen molar-refractivity contribution >= 4 is 22.9 Å². The predicted molar refractivity (Wildman–Crippen MR) is 88.0 cm³/mol. The zero-order valence-electron chi connectivity index (χ0n) is 13.0. The molecule has 0 spiro atoms. The Morgan fingerprint density at radius 3 is 2.83 bits per heavy atom. The van der Waals surface area contributed by atoms with Gasteiger partial charge in [-0.3, -0.25) is 4.79 Å². The molecule has 1 N–H and O–H groups in total. The number of carbonyl (C=O) groups is 1. The van der Waals surface area contributed by atoms with Crippen LogP contribution in [0.5, 0.6) is 0 Å². The van der Waals surface area contributed by atoms with Gasteiger partial charge in [-0.25, -0.2) is 4.98 Å². The Morgan fingerprint density at radius 2 is 2.17 bits per heavy atom. The lowest BCUT2D eigenvalue weighted by Gasteiger charge is -2.06. The molecule has 0 unspecified atom stereocenters. The first-order valence-electron chi connectivity index (χ1n) is 7.17. The van der Waals surface area contributed by atoms with Crippen molar-refractivity contribution in [3.8, 4) is 5.69 Å². The molecule has 0 saturated heterocycles. The standard InChI is InChI=1S/C15H16N6OS/c1-9(2)15-17-13(8-23-15)14(22)16-11-5-4-6-12(7-11)21-10(3)18-19-20-21/h4-9H,1-3H3,(H,16,22). The van der Waals surface area contributed by atoms with Gasteiger partial charge in [-0.05, 0) is 35.5 Å². The lowest BCUT2D eigenvalue weighted by molar-refractivity contribution is 0.102. The SMILES string of the molecule is Cc1nnnn1-c1cccc(NC(=O)c2csc(C(C)C)n2)c1. The summed E-state index contributed by atoms with van der Waals surface area (Å²) in [6, 6.07) is 7.35. The van der Waals surface area contributed by atoms with Crippen LogP contribution >= 0.6 is 11.3 Å². The van der Waals surface area contributed by atoms with Gasteiger partial charge in [0.1, 0.15) is 5.69 Å². The first kappa shape index (κ1) is 15.3. The van der Waals surface area contributed by atoms with Crippen molar-refractivity contribution in [1.82, 2.24) is 25.2 Å². The number of thiazole rings is 1. The van der Waals surface area contributed by atoms with Crippen molar-refractivity contribution in [2.75, 3.05) is 5.32 Å². The number of anilines is 1. The number of nitrogens with one attached hydrogen (secondary N) is 1. The summed E-state index contributed by atoms with van der Waals surface area (Å²) in [7, 11) is 0. The third-order valence-corrected chi connectivity index (χ3v) is 4.37. The van der Waals surface area contributed by atoms with Crippen LogP contribution in [0.25, 0.3) is 5.69 Å². The fraction of sp³-hybridized carbons (Fsp3) is 0.267. The summed E-state index contributed by atoms with van der Waals surface area (Å²) in [5, 5.41) is 17.0. The summed E-state index contributed by atoms with van der Waals surface area (Å²) in [5.41, 5.74) is 1.88. The maximum Gasteiger partial charge on any atom is 0.275 e. The molecule has 1 amide bonds. The third-order valence-electron chi connectivity index (χ3n) is 3.22. The molecule has 2 heterocycles. The van der Waals surface area contributed by atoms with Crippen LogP contribution in [0.1, 0.15) is 41.1 Å². The maximum atomic E-state index is 12.3. The lowest BCUT2D eigenvalue weighted by Crippen LogP contribution is -2.13. The molecule has 8 heteroatoms. The second-order valence-corrected chi connectivity index (χ2v) is 6.26. The Morgan fingerprint density at radius 1 is 1.35 bits per heavy atom. The fourth-order valence-electron chi connectivity index (χ4n) is 2.04. The van der Waals surface area contributed by atoms with Crippen molar-refractivity contribution < 1.29 is 4.79 Å². The lowest BCUT2D eigenvalue weighted by atomic mass is 10.2. The Kier molecular flexibility index (Phi) is 4.16. The van der Waals surface area contributed by atoms with E-state index in [9.17, 15) is 4.79 Å². The highest BCUT2D eigenvalue weighted by Gasteiger charge is 2.13. The smallest absolute Gasteiger partial charge is 0.275 e. The Labute approximate surface area is 137 Å². The van der Waals surface area contributed by atoms with Crippen molar-refractivity contribution in [3.05, 3.63) is 46.2 Å². The van der Waals surface area contributed by atoms with Crippen LogP contribution in [-0.2, 0) is 0 Å². The average molecular weight is 328 g/mol. The van der Waals surface area contributed by atoms with Crippen molar-refractivity contribution in [1.29, 1.82) is 0 Å². The van der Waals surface area contributed by atoms with Crippen molar-refractivity contribution in [2.45, 2.75) is 26.7 Å². The van der Waals surface area contributed by atoms with Gasteiger partial charge < -0.3 is 5.32 Å². The number of amides is 1. The number of carbonyl (C=O) groups excluding carboxylic acids is 1. The second kappa shape index (κ2) is 6.25. The highest BCUT2D eigenvalue weighted by molar-refractivity contribution is 7.09. The molecule has 0 fully saturated rings. The topological polar surface area (TPSA) is 85.6 Å². The van der Waals surface area contributed by atoms with Crippen molar-refractivity contribution in [2.24, 2.45) is 0 Å². The quantitative estimate of drug-likeness (QED) is 0.796. The Balaban J connectivity index is 1.80. The van der Waals surface area contributed by atoms with E-state index >= 15 is 0 Å². The van der Waals surface area contributed by atoms with Gasteiger partial charge in [-0.1, -0.05) is 19.9 Å².